The van der Waals surface area contributed by atoms with Crippen LogP contribution in [0.1, 0.15) is 18.1 Å². The molecule has 0 bridgehead atoms. The van der Waals surface area contributed by atoms with Crippen molar-refractivity contribution in [3.63, 3.8) is 0 Å². The predicted octanol–water partition coefficient (Wildman–Crippen LogP) is 2.66. The Balaban J connectivity index is 2.92. The van der Waals surface area contributed by atoms with E-state index in [1.807, 2.05) is 26.0 Å². The lowest BCUT2D eigenvalue weighted by molar-refractivity contribution is 0.284. The molecule has 0 spiro atoms. The molecule has 0 aliphatic rings. The highest BCUT2D eigenvalue weighted by atomic mass is 35.5. The highest BCUT2D eigenvalue weighted by Gasteiger charge is 2.09. The second kappa shape index (κ2) is 4.53. The Bertz CT molecular complexity index is 367. The number of nitrogens with one attached hydrogen (secondary N) is 1. The molecule has 0 saturated carbocycles. The van der Waals surface area contributed by atoms with Crippen molar-refractivity contribution in [1.82, 2.24) is 0 Å². The monoisotopic (exact) mass is 226 g/mol. The Morgan fingerprint density at radius 2 is 1.87 bits per heavy atom. The maximum Gasteiger partial charge on any atom is 0.152 e. The summed E-state index contributed by atoms with van der Waals surface area (Å²) in [5, 5.41) is 7.97. The van der Waals surface area contributed by atoms with Gasteiger partial charge in [-0.15, -0.1) is 0 Å². The number of benzene rings is 1. The number of hydrogen-bond acceptors (Lipinski definition) is 2. The molecule has 0 fully saturated rings. The molecule has 3 nitrogen and oxygen atoms in total. The van der Waals surface area contributed by atoms with Gasteiger partial charge in [-0.1, -0.05) is 11.6 Å². The molecule has 1 unspecified atom stereocenters. The average molecular weight is 227 g/mol. The van der Waals surface area contributed by atoms with Crippen molar-refractivity contribution >= 4 is 17.4 Å². The second-order valence-corrected chi connectivity index (χ2v) is 3.96. The van der Waals surface area contributed by atoms with Crippen molar-refractivity contribution in [2.45, 2.75) is 26.9 Å². The van der Waals surface area contributed by atoms with E-state index in [9.17, 15) is 0 Å². The SMILES string of the molecule is Cc1cc(OC(C)C(=N)N)cc(C)c1Cl. The van der Waals surface area contributed by atoms with Gasteiger partial charge in [-0.2, -0.15) is 0 Å². The molecule has 1 aromatic carbocycles. The Morgan fingerprint density at radius 1 is 1.40 bits per heavy atom. The molecule has 0 amide bonds. The Hall–Kier alpha value is -1.22. The van der Waals surface area contributed by atoms with Crippen LogP contribution in [-0.4, -0.2) is 11.9 Å². The molecular formula is C11H15ClN2O. The van der Waals surface area contributed by atoms with Crippen molar-refractivity contribution in [2.75, 3.05) is 0 Å². The molecule has 1 rings (SSSR count). The lowest BCUT2D eigenvalue weighted by Gasteiger charge is -2.14. The Labute approximate surface area is 94.7 Å². The van der Waals surface area contributed by atoms with Crippen molar-refractivity contribution in [3.05, 3.63) is 28.3 Å². The third-order valence-corrected chi connectivity index (χ3v) is 2.76. The number of nitrogens with two attached hydrogens (primary N) is 1. The molecule has 3 N–H and O–H groups in total. The molecule has 0 heterocycles. The van der Waals surface area contributed by atoms with Crippen LogP contribution in [0.2, 0.25) is 5.02 Å². The van der Waals surface area contributed by atoms with Crippen LogP contribution in [0.3, 0.4) is 0 Å². The number of halogens is 1. The fraction of sp³-hybridized carbons (Fsp3) is 0.364. The van der Waals surface area contributed by atoms with Crippen molar-refractivity contribution in [1.29, 1.82) is 5.41 Å². The largest absolute Gasteiger partial charge is 0.483 e. The minimum atomic E-state index is -0.412. The van der Waals surface area contributed by atoms with Crippen LogP contribution in [0.4, 0.5) is 0 Å². The van der Waals surface area contributed by atoms with E-state index < -0.39 is 6.10 Å². The molecule has 0 radical (unpaired) electrons. The van der Waals surface area contributed by atoms with E-state index in [4.69, 9.17) is 27.5 Å². The van der Waals surface area contributed by atoms with E-state index in [0.717, 1.165) is 16.1 Å². The van der Waals surface area contributed by atoms with Crippen molar-refractivity contribution in [2.24, 2.45) is 5.73 Å². The van der Waals surface area contributed by atoms with E-state index in [-0.39, 0.29) is 5.84 Å². The molecule has 15 heavy (non-hydrogen) atoms. The molecule has 82 valence electrons. The van der Waals surface area contributed by atoms with Gasteiger partial charge in [0.1, 0.15) is 11.6 Å². The van der Waals surface area contributed by atoms with Gasteiger partial charge in [-0.3, -0.25) is 5.41 Å². The summed E-state index contributed by atoms with van der Waals surface area (Å²) >= 11 is 6.03. The molecule has 1 atom stereocenters. The standard InChI is InChI=1S/C11H15ClN2O/c1-6-4-9(5-7(2)10(6)12)15-8(3)11(13)14/h4-5,8H,1-3H3,(H3,13,14). The number of rotatable bonds is 3. The first-order valence-corrected chi connectivity index (χ1v) is 5.07. The van der Waals surface area contributed by atoms with Gasteiger partial charge in [-0.05, 0) is 44.0 Å². The summed E-state index contributed by atoms with van der Waals surface area (Å²) < 4.78 is 5.48. The Morgan fingerprint density at radius 3 is 2.27 bits per heavy atom. The van der Waals surface area contributed by atoms with Crippen LogP contribution < -0.4 is 10.5 Å². The number of ether oxygens (including phenoxy) is 1. The summed E-state index contributed by atoms with van der Waals surface area (Å²) in [4.78, 5) is 0. The van der Waals surface area contributed by atoms with Crippen molar-refractivity contribution < 1.29 is 4.74 Å². The highest BCUT2D eigenvalue weighted by Crippen LogP contribution is 2.26. The number of amidine groups is 1. The third kappa shape index (κ3) is 2.86. The first-order valence-electron chi connectivity index (χ1n) is 4.69. The van der Waals surface area contributed by atoms with Gasteiger partial charge in [0, 0.05) is 5.02 Å². The minimum Gasteiger partial charge on any atom is -0.483 e. The number of hydrogen-bond donors (Lipinski definition) is 2. The van der Waals surface area contributed by atoms with Gasteiger partial charge < -0.3 is 10.5 Å². The van der Waals surface area contributed by atoms with Gasteiger partial charge in [0.05, 0.1) is 0 Å². The summed E-state index contributed by atoms with van der Waals surface area (Å²) in [6, 6.07) is 3.68. The van der Waals surface area contributed by atoms with E-state index in [1.165, 1.54) is 0 Å². The van der Waals surface area contributed by atoms with Gasteiger partial charge in [0.15, 0.2) is 6.10 Å². The summed E-state index contributed by atoms with van der Waals surface area (Å²) in [6.07, 6.45) is -0.412. The topological polar surface area (TPSA) is 59.1 Å². The molecule has 4 heteroatoms. The van der Waals surface area contributed by atoms with Crippen LogP contribution in [-0.2, 0) is 0 Å². The highest BCUT2D eigenvalue weighted by molar-refractivity contribution is 6.32. The van der Waals surface area contributed by atoms with Crippen LogP contribution >= 0.6 is 11.6 Å². The normalized spacial score (nSPS) is 12.3. The average Bonchev–Trinajstić information content (AvgIpc) is 2.13. The van der Waals surface area contributed by atoms with Gasteiger partial charge >= 0.3 is 0 Å². The van der Waals surface area contributed by atoms with E-state index in [2.05, 4.69) is 0 Å². The van der Waals surface area contributed by atoms with Gasteiger partial charge in [0.25, 0.3) is 0 Å². The zero-order valence-electron chi connectivity index (χ0n) is 9.10. The third-order valence-electron chi connectivity index (χ3n) is 2.16. The smallest absolute Gasteiger partial charge is 0.152 e. The first kappa shape index (κ1) is 11.9. The van der Waals surface area contributed by atoms with Gasteiger partial charge in [0.2, 0.25) is 0 Å². The molecule has 0 saturated heterocycles. The van der Waals surface area contributed by atoms with Crippen LogP contribution in [0.15, 0.2) is 12.1 Å². The fourth-order valence-electron chi connectivity index (χ4n) is 1.24. The molecular weight excluding hydrogens is 212 g/mol. The second-order valence-electron chi connectivity index (χ2n) is 3.59. The fourth-order valence-corrected chi connectivity index (χ4v) is 1.35. The summed E-state index contributed by atoms with van der Waals surface area (Å²) in [5.41, 5.74) is 7.24. The molecule has 0 aliphatic heterocycles. The summed E-state index contributed by atoms with van der Waals surface area (Å²) in [6.45, 7) is 5.57. The van der Waals surface area contributed by atoms with Crippen LogP contribution in [0.5, 0.6) is 5.75 Å². The molecule has 1 aromatic rings. The lowest BCUT2D eigenvalue weighted by Crippen LogP contribution is -2.30. The quantitative estimate of drug-likeness (QED) is 0.615. The first-order chi connectivity index (χ1) is 6.91. The van der Waals surface area contributed by atoms with E-state index >= 15 is 0 Å². The predicted molar refractivity (Wildman–Crippen MR) is 62.9 cm³/mol. The van der Waals surface area contributed by atoms with Gasteiger partial charge in [-0.25, -0.2) is 0 Å². The maximum absolute atomic E-state index is 7.23. The summed E-state index contributed by atoms with van der Waals surface area (Å²) in [7, 11) is 0. The van der Waals surface area contributed by atoms with Crippen LogP contribution in [0.25, 0.3) is 0 Å². The zero-order chi connectivity index (χ0) is 11.6. The molecule has 0 aromatic heterocycles. The van der Waals surface area contributed by atoms with Crippen LogP contribution in [0, 0.1) is 19.3 Å². The maximum atomic E-state index is 7.23. The molecule has 0 aliphatic carbocycles. The van der Waals surface area contributed by atoms with Crippen molar-refractivity contribution in [3.8, 4) is 5.75 Å². The minimum absolute atomic E-state index is 0.0141. The van der Waals surface area contributed by atoms with E-state index in [1.54, 1.807) is 6.92 Å². The zero-order valence-corrected chi connectivity index (χ0v) is 9.85. The lowest BCUT2D eigenvalue weighted by atomic mass is 10.1. The number of aryl methyl sites for hydroxylation is 2. The Kier molecular flexibility index (Phi) is 3.58. The summed E-state index contributed by atoms with van der Waals surface area (Å²) in [5.74, 6) is 0.706. The van der Waals surface area contributed by atoms with E-state index in [0.29, 0.717) is 5.75 Å².